The molecule has 0 atom stereocenters. The Morgan fingerprint density at radius 2 is 1.89 bits per heavy atom. The number of ether oxygens (including phenoxy) is 2. The van der Waals surface area contributed by atoms with Gasteiger partial charge in [0.15, 0.2) is 6.61 Å². The summed E-state index contributed by atoms with van der Waals surface area (Å²) in [5.41, 5.74) is 2.44. The van der Waals surface area contributed by atoms with Crippen LogP contribution >= 0.6 is 0 Å². The molecule has 2 aromatic carbocycles. The molecule has 1 aromatic heterocycles. The maximum atomic E-state index is 12.1. The third-order valence-corrected chi connectivity index (χ3v) is 3.87. The molecule has 1 heterocycles. The molecular weight excluding hydrogens is 358 g/mol. The Hall–Kier alpha value is -3.92. The summed E-state index contributed by atoms with van der Waals surface area (Å²) in [7, 11) is 1.58. The second-order valence-electron chi connectivity index (χ2n) is 5.90. The van der Waals surface area contributed by atoms with Crippen LogP contribution in [0.2, 0.25) is 0 Å². The monoisotopic (exact) mass is 375 g/mol. The first-order valence-corrected chi connectivity index (χ1v) is 8.41. The second kappa shape index (κ2) is 8.64. The number of esters is 1. The lowest BCUT2D eigenvalue weighted by atomic mass is 10.1. The summed E-state index contributed by atoms with van der Waals surface area (Å²) in [4.78, 5) is 16.3. The smallest absolute Gasteiger partial charge is 0.349 e. The minimum atomic E-state index is -0.757. The van der Waals surface area contributed by atoms with Crippen molar-refractivity contribution in [2.75, 3.05) is 7.11 Å². The second-order valence-corrected chi connectivity index (χ2v) is 5.90. The topological polar surface area (TPSA) is 98.2 Å². The number of aromatic nitrogens is 2. The fourth-order valence-electron chi connectivity index (χ4n) is 2.34. The fraction of sp³-hybridized carbons (Fsp3) is 0.143. The summed E-state index contributed by atoms with van der Waals surface area (Å²) in [5.74, 6) is 0.453. The molecule has 0 spiro atoms. The van der Waals surface area contributed by atoms with Gasteiger partial charge in [-0.05, 0) is 42.8 Å². The summed E-state index contributed by atoms with van der Waals surface area (Å²) in [6, 6.07) is 16.4. The molecule has 0 saturated carbocycles. The number of nitriles is 1. The summed E-state index contributed by atoms with van der Waals surface area (Å²) in [6.45, 7) is 1.73. The number of methoxy groups -OCH3 is 1. The highest BCUT2D eigenvalue weighted by atomic mass is 16.6. The van der Waals surface area contributed by atoms with Crippen molar-refractivity contribution in [3.63, 3.8) is 0 Å². The van der Waals surface area contributed by atoms with Crippen LogP contribution in [-0.2, 0) is 16.1 Å². The van der Waals surface area contributed by atoms with E-state index in [0.29, 0.717) is 11.6 Å². The molecule has 3 rings (SSSR count). The van der Waals surface area contributed by atoms with E-state index in [4.69, 9.17) is 14.0 Å². The van der Waals surface area contributed by atoms with Crippen LogP contribution < -0.4 is 4.74 Å². The predicted octanol–water partition coefficient (Wildman–Crippen LogP) is 3.70. The minimum absolute atomic E-state index is 0.112. The van der Waals surface area contributed by atoms with Gasteiger partial charge in [0.1, 0.15) is 17.4 Å². The first-order chi connectivity index (χ1) is 13.6. The van der Waals surface area contributed by atoms with Gasteiger partial charge >= 0.3 is 5.97 Å². The number of nitrogens with zero attached hydrogens (tertiary/aromatic N) is 3. The van der Waals surface area contributed by atoms with Crippen molar-refractivity contribution in [2.24, 2.45) is 0 Å². The van der Waals surface area contributed by atoms with E-state index in [0.717, 1.165) is 16.7 Å². The molecule has 3 aromatic rings. The highest BCUT2D eigenvalue weighted by molar-refractivity contribution is 5.97. The van der Waals surface area contributed by atoms with Crippen LogP contribution in [0.4, 0.5) is 0 Å². The summed E-state index contributed by atoms with van der Waals surface area (Å²) in [6.07, 6.45) is 1.47. The highest BCUT2D eigenvalue weighted by Gasteiger charge is 2.14. The largest absolute Gasteiger partial charge is 0.497 e. The van der Waals surface area contributed by atoms with Crippen LogP contribution in [0.5, 0.6) is 5.75 Å². The van der Waals surface area contributed by atoms with E-state index in [1.54, 1.807) is 31.4 Å². The SMILES string of the molecule is COc1ccc(-c2noc(COC(=O)/C(C#N)=C/c3ccc(C)cc3)n2)cc1. The average molecular weight is 375 g/mol. The zero-order valence-electron chi connectivity index (χ0n) is 15.4. The Balaban J connectivity index is 1.64. The molecule has 0 fully saturated rings. The Morgan fingerprint density at radius 3 is 2.54 bits per heavy atom. The molecule has 7 heteroatoms. The number of rotatable bonds is 6. The molecule has 0 aliphatic rings. The van der Waals surface area contributed by atoms with Crippen molar-refractivity contribution >= 4 is 12.0 Å². The van der Waals surface area contributed by atoms with E-state index in [-0.39, 0.29) is 18.1 Å². The number of hydrogen-bond donors (Lipinski definition) is 0. The van der Waals surface area contributed by atoms with Gasteiger partial charge in [0.05, 0.1) is 7.11 Å². The molecule has 0 aliphatic carbocycles. The van der Waals surface area contributed by atoms with Crippen molar-refractivity contribution in [3.8, 4) is 23.2 Å². The van der Waals surface area contributed by atoms with Gasteiger partial charge in [-0.1, -0.05) is 35.0 Å². The first kappa shape index (κ1) is 18.9. The quantitative estimate of drug-likeness (QED) is 0.368. The van der Waals surface area contributed by atoms with Gasteiger partial charge in [-0.15, -0.1) is 0 Å². The molecule has 0 radical (unpaired) electrons. The third-order valence-electron chi connectivity index (χ3n) is 3.87. The lowest BCUT2D eigenvalue weighted by molar-refractivity contribution is -0.140. The number of aryl methyl sites for hydroxylation is 1. The maximum Gasteiger partial charge on any atom is 0.349 e. The van der Waals surface area contributed by atoms with Crippen molar-refractivity contribution in [1.82, 2.24) is 10.1 Å². The van der Waals surface area contributed by atoms with Crippen molar-refractivity contribution in [2.45, 2.75) is 13.5 Å². The first-order valence-electron chi connectivity index (χ1n) is 8.41. The van der Waals surface area contributed by atoms with Gasteiger partial charge in [0.2, 0.25) is 5.82 Å². The third kappa shape index (κ3) is 4.62. The van der Waals surface area contributed by atoms with E-state index in [1.165, 1.54) is 6.08 Å². The van der Waals surface area contributed by atoms with Gasteiger partial charge in [0.25, 0.3) is 5.89 Å². The molecule has 0 N–H and O–H groups in total. The Kier molecular flexibility index (Phi) is 5.82. The van der Waals surface area contributed by atoms with Crippen LogP contribution in [0, 0.1) is 18.3 Å². The standard InChI is InChI=1S/C21H17N3O4/c1-14-3-5-15(6-4-14)11-17(12-22)21(25)27-13-19-23-20(24-28-19)16-7-9-18(26-2)10-8-16/h3-11H,13H2,1-2H3/b17-11+. The minimum Gasteiger partial charge on any atom is -0.497 e. The van der Waals surface area contributed by atoms with E-state index in [1.807, 2.05) is 37.3 Å². The van der Waals surface area contributed by atoms with Crippen molar-refractivity contribution in [1.29, 1.82) is 5.26 Å². The van der Waals surface area contributed by atoms with Crippen LogP contribution in [0.1, 0.15) is 17.0 Å². The van der Waals surface area contributed by atoms with E-state index < -0.39 is 5.97 Å². The predicted molar refractivity (Wildman–Crippen MR) is 101 cm³/mol. The Bertz CT molecular complexity index is 1030. The molecule has 0 bridgehead atoms. The summed E-state index contributed by atoms with van der Waals surface area (Å²) < 4.78 is 15.3. The number of carbonyl (C=O) groups is 1. The van der Waals surface area contributed by atoms with Crippen molar-refractivity contribution in [3.05, 3.63) is 71.1 Å². The lowest BCUT2D eigenvalue weighted by Crippen LogP contribution is -2.07. The van der Waals surface area contributed by atoms with Crippen LogP contribution in [0.15, 0.2) is 58.6 Å². The summed E-state index contributed by atoms with van der Waals surface area (Å²) in [5, 5.41) is 13.1. The zero-order chi connectivity index (χ0) is 19.9. The molecule has 0 amide bonds. The van der Waals surface area contributed by atoms with E-state index >= 15 is 0 Å². The van der Waals surface area contributed by atoms with Crippen LogP contribution in [-0.4, -0.2) is 23.2 Å². The molecule has 7 nitrogen and oxygen atoms in total. The number of benzene rings is 2. The van der Waals surface area contributed by atoms with Crippen LogP contribution in [0.25, 0.3) is 17.5 Å². The molecule has 140 valence electrons. The fourth-order valence-corrected chi connectivity index (χ4v) is 2.34. The maximum absolute atomic E-state index is 12.1. The van der Waals surface area contributed by atoms with Gasteiger partial charge in [-0.25, -0.2) is 4.79 Å². The molecule has 0 saturated heterocycles. The van der Waals surface area contributed by atoms with Crippen LogP contribution in [0.3, 0.4) is 0 Å². The summed E-state index contributed by atoms with van der Waals surface area (Å²) >= 11 is 0. The van der Waals surface area contributed by atoms with Gasteiger partial charge in [-0.3, -0.25) is 0 Å². The number of hydrogen-bond acceptors (Lipinski definition) is 7. The van der Waals surface area contributed by atoms with Crippen molar-refractivity contribution < 1.29 is 18.8 Å². The number of carbonyl (C=O) groups excluding carboxylic acids is 1. The van der Waals surface area contributed by atoms with E-state index in [9.17, 15) is 10.1 Å². The lowest BCUT2D eigenvalue weighted by Gasteiger charge is -2.01. The van der Waals surface area contributed by atoms with Gasteiger partial charge in [0, 0.05) is 5.56 Å². The van der Waals surface area contributed by atoms with E-state index in [2.05, 4.69) is 10.1 Å². The zero-order valence-corrected chi connectivity index (χ0v) is 15.4. The average Bonchev–Trinajstić information content (AvgIpc) is 3.20. The Labute approximate surface area is 161 Å². The molecular formula is C21H17N3O4. The Morgan fingerprint density at radius 1 is 1.18 bits per heavy atom. The molecule has 0 aliphatic heterocycles. The molecule has 0 unspecified atom stereocenters. The normalized spacial score (nSPS) is 11.0. The van der Waals surface area contributed by atoms with Gasteiger partial charge < -0.3 is 14.0 Å². The van der Waals surface area contributed by atoms with Gasteiger partial charge in [-0.2, -0.15) is 10.2 Å². The molecule has 28 heavy (non-hydrogen) atoms. The highest BCUT2D eigenvalue weighted by Crippen LogP contribution is 2.20.